The molecule has 3 N–H and O–H groups in total. The zero-order valence-corrected chi connectivity index (χ0v) is 14.6. The number of carbonyl (C=O) groups excluding carboxylic acids is 1. The third kappa shape index (κ3) is 4.24. The Morgan fingerprint density at radius 1 is 1.26 bits per heavy atom. The highest BCUT2D eigenvalue weighted by atomic mass is 79.9. The molecule has 2 rings (SSSR count). The largest absolute Gasteiger partial charge is 0.490 e. The lowest BCUT2D eigenvalue weighted by Crippen LogP contribution is -2.30. The first-order valence-electron chi connectivity index (χ1n) is 7.21. The van der Waals surface area contributed by atoms with E-state index in [0.717, 1.165) is 11.1 Å². The third-order valence-corrected chi connectivity index (χ3v) is 3.92. The number of amides is 1. The number of hydrazine groups is 1. The monoisotopic (exact) mass is 378 g/mol. The molecule has 5 nitrogen and oxygen atoms in total. The topological polar surface area (TPSA) is 73.6 Å². The summed E-state index contributed by atoms with van der Waals surface area (Å²) < 4.78 is 12.2. The summed E-state index contributed by atoms with van der Waals surface area (Å²) >= 11 is 3.43. The van der Waals surface area contributed by atoms with Gasteiger partial charge in [-0.2, -0.15) is 0 Å². The van der Waals surface area contributed by atoms with Crippen LogP contribution in [0, 0.1) is 6.92 Å². The molecule has 0 fully saturated rings. The van der Waals surface area contributed by atoms with Gasteiger partial charge in [-0.15, -0.1) is 0 Å². The molecule has 2 aromatic rings. The van der Waals surface area contributed by atoms with Crippen molar-refractivity contribution in [2.45, 2.75) is 20.5 Å². The summed E-state index contributed by atoms with van der Waals surface area (Å²) in [7, 11) is 0. The zero-order chi connectivity index (χ0) is 16.8. The number of halogens is 1. The summed E-state index contributed by atoms with van der Waals surface area (Å²) in [4.78, 5) is 11.7. The summed E-state index contributed by atoms with van der Waals surface area (Å²) in [6.07, 6.45) is 0. The van der Waals surface area contributed by atoms with Crippen LogP contribution in [0.2, 0.25) is 0 Å². The van der Waals surface area contributed by atoms with Gasteiger partial charge in [-0.1, -0.05) is 24.3 Å². The number of rotatable bonds is 6. The second-order valence-electron chi connectivity index (χ2n) is 4.91. The van der Waals surface area contributed by atoms with Crippen molar-refractivity contribution in [3.8, 4) is 11.5 Å². The number of ether oxygens (including phenoxy) is 2. The van der Waals surface area contributed by atoms with Gasteiger partial charge < -0.3 is 9.47 Å². The first-order valence-corrected chi connectivity index (χ1v) is 8.00. The molecule has 0 spiro atoms. The highest BCUT2D eigenvalue weighted by Gasteiger charge is 2.16. The van der Waals surface area contributed by atoms with Crippen LogP contribution in [0.5, 0.6) is 11.5 Å². The number of nitrogens with one attached hydrogen (secondary N) is 1. The maximum Gasteiger partial charge on any atom is 0.265 e. The van der Waals surface area contributed by atoms with Crippen LogP contribution in [0.15, 0.2) is 40.9 Å². The number of hydrogen-bond acceptors (Lipinski definition) is 4. The maximum absolute atomic E-state index is 11.7. The fourth-order valence-electron chi connectivity index (χ4n) is 2.11. The Hall–Kier alpha value is -2.05. The molecule has 0 aliphatic heterocycles. The number of carbonyl (C=O) groups is 1. The van der Waals surface area contributed by atoms with Crippen molar-refractivity contribution in [2.75, 3.05) is 6.61 Å². The van der Waals surface area contributed by atoms with E-state index in [1.54, 1.807) is 12.1 Å². The molecule has 2 aromatic carbocycles. The minimum atomic E-state index is -0.392. The summed E-state index contributed by atoms with van der Waals surface area (Å²) in [6, 6.07) is 11.3. The number of aryl methyl sites for hydroxylation is 1. The molecular weight excluding hydrogens is 360 g/mol. The van der Waals surface area contributed by atoms with Crippen LogP contribution in [0.25, 0.3) is 0 Å². The van der Waals surface area contributed by atoms with Crippen molar-refractivity contribution in [3.05, 3.63) is 57.6 Å². The van der Waals surface area contributed by atoms with Crippen molar-refractivity contribution in [3.63, 3.8) is 0 Å². The van der Waals surface area contributed by atoms with Crippen LogP contribution in [0.4, 0.5) is 0 Å². The lowest BCUT2D eigenvalue weighted by molar-refractivity contribution is 0.0953. The van der Waals surface area contributed by atoms with Crippen LogP contribution < -0.4 is 20.7 Å². The van der Waals surface area contributed by atoms with Gasteiger partial charge in [0.2, 0.25) is 0 Å². The number of hydrogen-bond donors (Lipinski definition) is 2. The first kappa shape index (κ1) is 17.3. The Morgan fingerprint density at radius 2 is 2.00 bits per heavy atom. The zero-order valence-electron chi connectivity index (χ0n) is 13.1. The molecule has 6 heteroatoms. The minimum Gasteiger partial charge on any atom is -0.490 e. The van der Waals surface area contributed by atoms with Crippen LogP contribution in [0.1, 0.15) is 28.4 Å². The molecule has 0 heterocycles. The van der Waals surface area contributed by atoms with Gasteiger partial charge >= 0.3 is 0 Å². The van der Waals surface area contributed by atoms with Gasteiger partial charge in [-0.3, -0.25) is 10.2 Å². The summed E-state index contributed by atoms with van der Waals surface area (Å²) in [5, 5.41) is 0. The highest BCUT2D eigenvalue weighted by molar-refractivity contribution is 9.10. The average molecular weight is 379 g/mol. The van der Waals surface area contributed by atoms with E-state index in [2.05, 4.69) is 21.4 Å². The van der Waals surface area contributed by atoms with Crippen LogP contribution >= 0.6 is 15.9 Å². The minimum absolute atomic E-state index is 0.392. The number of nitrogens with two attached hydrogens (primary N) is 1. The van der Waals surface area contributed by atoms with Gasteiger partial charge in [0, 0.05) is 5.56 Å². The fourth-order valence-corrected chi connectivity index (χ4v) is 2.66. The second kappa shape index (κ2) is 7.99. The molecule has 0 aliphatic rings. The number of benzene rings is 2. The lowest BCUT2D eigenvalue weighted by atomic mass is 10.1. The Balaban J connectivity index is 2.29. The Bertz CT molecular complexity index is 704. The molecule has 0 unspecified atom stereocenters. The van der Waals surface area contributed by atoms with Crippen molar-refractivity contribution in [1.82, 2.24) is 5.43 Å². The van der Waals surface area contributed by atoms with Crippen LogP contribution in [-0.2, 0) is 6.61 Å². The van der Waals surface area contributed by atoms with Crippen molar-refractivity contribution >= 4 is 21.8 Å². The second-order valence-corrected chi connectivity index (χ2v) is 5.76. The van der Waals surface area contributed by atoms with Crippen molar-refractivity contribution in [2.24, 2.45) is 5.84 Å². The van der Waals surface area contributed by atoms with E-state index in [-0.39, 0.29) is 0 Å². The number of nitrogen functional groups attached to an aromatic ring is 1. The van der Waals surface area contributed by atoms with E-state index in [1.165, 1.54) is 0 Å². The molecule has 0 radical (unpaired) electrons. The van der Waals surface area contributed by atoms with E-state index in [4.69, 9.17) is 15.3 Å². The van der Waals surface area contributed by atoms with E-state index in [1.807, 2.05) is 38.1 Å². The predicted molar refractivity (Wildman–Crippen MR) is 92.5 cm³/mol. The van der Waals surface area contributed by atoms with E-state index < -0.39 is 5.91 Å². The van der Waals surface area contributed by atoms with E-state index in [9.17, 15) is 4.79 Å². The Labute approximate surface area is 143 Å². The van der Waals surface area contributed by atoms with Crippen LogP contribution in [-0.4, -0.2) is 12.5 Å². The Kier molecular flexibility index (Phi) is 6.01. The van der Waals surface area contributed by atoms with E-state index in [0.29, 0.717) is 34.7 Å². The molecular formula is C17H19BrN2O3. The molecule has 122 valence electrons. The van der Waals surface area contributed by atoms with E-state index >= 15 is 0 Å². The van der Waals surface area contributed by atoms with Gasteiger partial charge in [-0.05, 0) is 53.0 Å². The quantitative estimate of drug-likeness (QED) is 0.459. The fraction of sp³-hybridized carbons (Fsp3) is 0.235. The van der Waals surface area contributed by atoms with Crippen molar-refractivity contribution < 1.29 is 14.3 Å². The molecule has 0 atom stereocenters. The summed E-state index contributed by atoms with van der Waals surface area (Å²) in [5.74, 6) is 5.84. The van der Waals surface area contributed by atoms with Gasteiger partial charge in [-0.25, -0.2) is 5.84 Å². The lowest BCUT2D eigenvalue weighted by Gasteiger charge is -2.16. The van der Waals surface area contributed by atoms with Crippen LogP contribution in [0.3, 0.4) is 0 Å². The first-order chi connectivity index (χ1) is 11.1. The molecule has 0 aliphatic carbocycles. The molecule has 1 amide bonds. The molecule has 0 saturated heterocycles. The normalized spacial score (nSPS) is 10.3. The smallest absolute Gasteiger partial charge is 0.265 e. The standard InChI is InChI=1S/C17H19BrN2O3/c1-3-22-15-9-13(17(21)20-19)8-14(18)16(15)23-10-12-7-5-4-6-11(12)2/h4-9H,3,10,19H2,1-2H3,(H,20,21). The summed E-state index contributed by atoms with van der Waals surface area (Å²) in [6.45, 7) is 4.77. The summed E-state index contributed by atoms with van der Waals surface area (Å²) in [5.41, 5.74) is 4.74. The molecule has 0 aromatic heterocycles. The average Bonchev–Trinajstić information content (AvgIpc) is 2.55. The molecule has 0 saturated carbocycles. The van der Waals surface area contributed by atoms with Gasteiger partial charge in [0.15, 0.2) is 11.5 Å². The maximum atomic E-state index is 11.7. The van der Waals surface area contributed by atoms with Gasteiger partial charge in [0.05, 0.1) is 11.1 Å². The predicted octanol–water partition coefficient (Wildman–Crippen LogP) is 3.34. The Morgan fingerprint density at radius 3 is 2.65 bits per heavy atom. The third-order valence-electron chi connectivity index (χ3n) is 3.34. The highest BCUT2D eigenvalue weighted by Crippen LogP contribution is 2.37. The van der Waals surface area contributed by atoms with Gasteiger partial charge in [0.1, 0.15) is 6.61 Å². The molecule has 0 bridgehead atoms. The van der Waals surface area contributed by atoms with Crippen molar-refractivity contribution in [1.29, 1.82) is 0 Å². The van der Waals surface area contributed by atoms with Gasteiger partial charge in [0.25, 0.3) is 5.91 Å². The molecule has 23 heavy (non-hydrogen) atoms. The SMILES string of the molecule is CCOc1cc(C(=O)NN)cc(Br)c1OCc1ccccc1C.